The molecule has 0 bridgehead atoms. The largest absolute Gasteiger partial charge is 0.489 e. The third-order valence-corrected chi connectivity index (χ3v) is 4.72. The highest BCUT2D eigenvalue weighted by atomic mass is 32.1. The molecule has 1 amide bonds. The van der Waals surface area contributed by atoms with Crippen LogP contribution in [0.1, 0.15) is 16.6 Å². The van der Waals surface area contributed by atoms with Crippen LogP contribution in [-0.2, 0) is 0 Å². The van der Waals surface area contributed by atoms with E-state index in [0.29, 0.717) is 22.3 Å². The van der Waals surface area contributed by atoms with Crippen LogP contribution in [0.15, 0.2) is 48.9 Å². The van der Waals surface area contributed by atoms with E-state index in [9.17, 15) is 4.79 Å². The maximum absolute atomic E-state index is 13.0. The fourth-order valence-electron chi connectivity index (χ4n) is 2.61. The van der Waals surface area contributed by atoms with Crippen LogP contribution in [0, 0.1) is 0 Å². The monoisotopic (exact) mass is 338 g/mol. The van der Waals surface area contributed by atoms with E-state index < -0.39 is 0 Å². The highest BCUT2D eigenvalue weighted by molar-refractivity contribution is 7.17. The Morgan fingerprint density at radius 1 is 1.21 bits per heavy atom. The first-order valence-corrected chi connectivity index (χ1v) is 8.34. The van der Waals surface area contributed by atoms with Crippen molar-refractivity contribution in [1.82, 2.24) is 15.0 Å². The number of benzene rings is 1. The van der Waals surface area contributed by atoms with Crippen LogP contribution in [0.2, 0.25) is 0 Å². The van der Waals surface area contributed by atoms with Crippen LogP contribution in [-0.4, -0.2) is 33.5 Å². The average Bonchev–Trinajstić information content (AvgIpc) is 3.12. The molecule has 0 fully saturated rings. The van der Waals surface area contributed by atoms with Gasteiger partial charge in [0.05, 0.1) is 17.9 Å². The standard InChI is InChI=1S/C17H14N4O2S/c1-11-10-23-13-6-3-2-5-12(13)21(11)17(22)14-9-20-16(24-14)15-18-7-4-8-19-15/h2-9,11H,10H2,1H3/t11-/m1/s1. The van der Waals surface area contributed by atoms with E-state index in [0.717, 1.165) is 11.4 Å². The lowest BCUT2D eigenvalue weighted by molar-refractivity contribution is 0.0964. The summed E-state index contributed by atoms with van der Waals surface area (Å²) in [6.45, 7) is 2.44. The Morgan fingerprint density at radius 3 is 2.83 bits per heavy atom. The van der Waals surface area contributed by atoms with Gasteiger partial charge in [0.15, 0.2) is 10.8 Å². The maximum Gasteiger partial charge on any atom is 0.270 e. The predicted octanol–water partition coefficient (Wildman–Crippen LogP) is 3.03. The molecule has 1 aliphatic heterocycles. The van der Waals surface area contributed by atoms with Crippen molar-refractivity contribution in [1.29, 1.82) is 0 Å². The Balaban J connectivity index is 1.68. The van der Waals surface area contributed by atoms with Gasteiger partial charge in [0.25, 0.3) is 5.91 Å². The number of rotatable bonds is 2. The summed E-state index contributed by atoms with van der Waals surface area (Å²) in [4.78, 5) is 28.0. The molecule has 0 saturated heterocycles. The van der Waals surface area contributed by atoms with Crippen LogP contribution in [0.4, 0.5) is 5.69 Å². The molecule has 120 valence electrons. The summed E-state index contributed by atoms with van der Waals surface area (Å²) in [6.07, 6.45) is 4.90. The number of anilines is 1. The molecule has 3 aromatic rings. The fraction of sp³-hybridized carbons (Fsp3) is 0.176. The van der Waals surface area contributed by atoms with Gasteiger partial charge in [-0.3, -0.25) is 9.69 Å². The molecule has 3 heterocycles. The summed E-state index contributed by atoms with van der Waals surface area (Å²) in [5, 5.41) is 0.633. The first-order chi connectivity index (χ1) is 11.7. The Labute approximate surface area is 142 Å². The molecule has 0 spiro atoms. The number of carbonyl (C=O) groups excluding carboxylic acids is 1. The van der Waals surface area contributed by atoms with Crippen molar-refractivity contribution in [3.63, 3.8) is 0 Å². The molecule has 0 N–H and O–H groups in total. The molecule has 1 aromatic carbocycles. The second-order valence-electron chi connectivity index (χ2n) is 5.40. The zero-order valence-corrected chi connectivity index (χ0v) is 13.7. The second kappa shape index (κ2) is 6.01. The molecule has 6 nitrogen and oxygen atoms in total. The minimum atomic E-state index is -0.0852. The predicted molar refractivity (Wildman–Crippen MR) is 91.3 cm³/mol. The van der Waals surface area contributed by atoms with Gasteiger partial charge < -0.3 is 4.74 Å². The van der Waals surface area contributed by atoms with Crippen LogP contribution in [0.5, 0.6) is 5.75 Å². The van der Waals surface area contributed by atoms with E-state index in [1.165, 1.54) is 11.3 Å². The van der Waals surface area contributed by atoms with Crippen molar-refractivity contribution in [3.8, 4) is 16.6 Å². The normalized spacial score (nSPS) is 16.4. The van der Waals surface area contributed by atoms with Crippen molar-refractivity contribution in [3.05, 3.63) is 53.8 Å². The van der Waals surface area contributed by atoms with Crippen molar-refractivity contribution < 1.29 is 9.53 Å². The number of para-hydroxylation sites is 2. The van der Waals surface area contributed by atoms with E-state index in [1.54, 1.807) is 29.6 Å². The lowest BCUT2D eigenvalue weighted by Gasteiger charge is -2.34. The first kappa shape index (κ1) is 14.8. The second-order valence-corrected chi connectivity index (χ2v) is 6.44. The number of aromatic nitrogens is 3. The van der Waals surface area contributed by atoms with Gasteiger partial charge in [0.2, 0.25) is 0 Å². The summed E-state index contributed by atoms with van der Waals surface area (Å²) in [5.41, 5.74) is 0.784. The number of hydrogen-bond donors (Lipinski definition) is 0. The number of thiazole rings is 1. The van der Waals surface area contributed by atoms with E-state index in [-0.39, 0.29) is 11.9 Å². The third-order valence-electron chi connectivity index (χ3n) is 3.74. The van der Waals surface area contributed by atoms with E-state index >= 15 is 0 Å². The molecule has 7 heteroatoms. The molecular weight excluding hydrogens is 324 g/mol. The first-order valence-electron chi connectivity index (χ1n) is 7.52. The van der Waals surface area contributed by atoms with Gasteiger partial charge in [-0.15, -0.1) is 11.3 Å². The van der Waals surface area contributed by atoms with Crippen LogP contribution in [0.25, 0.3) is 10.8 Å². The van der Waals surface area contributed by atoms with Crippen LogP contribution >= 0.6 is 11.3 Å². The van der Waals surface area contributed by atoms with Gasteiger partial charge in [0.1, 0.15) is 17.2 Å². The van der Waals surface area contributed by atoms with Gasteiger partial charge in [-0.25, -0.2) is 15.0 Å². The zero-order chi connectivity index (χ0) is 16.5. The lowest BCUT2D eigenvalue weighted by atomic mass is 10.1. The van der Waals surface area contributed by atoms with Crippen molar-refractivity contribution >= 4 is 22.9 Å². The summed E-state index contributed by atoms with van der Waals surface area (Å²) >= 11 is 1.30. The minimum absolute atomic E-state index is 0.0501. The summed E-state index contributed by atoms with van der Waals surface area (Å²) in [6, 6.07) is 9.26. The molecule has 2 aromatic heterocycles. The topological polar surface area (TPSA) is 68.2 Å². The van der Waals surface area contributed by atoms with Gasteiger partial charge in [-0.05, 0) is 25.1 Å². The summed E-state index contributed by atoms with van der Waals surface area (Å²) in [5.74, 6) is 1.16. The smallest absolute Gasteiger partial charge is 0.270 e. The van der Waals surface area contributed by atoms with Gasteiger partial charge in [-0.2, -0.15) is 0 Å². The van der Waals surface area contributed by atoms with Gasteiger partial charge in [-0.1, -0.05) is 12.1 Å². The summed E-state index contributed by atoms with van der Waals surface area (Å²) < 4.78 is 5.70. The molecule has 0 aliphatic carbocycles. The molecular formula is C17H14N4O2S. The molecule has 0 saturated carbocycles. The van der Waals surface area contributed by atoms with Gasteiger partial charge in [0, 0.05) is 12.4 Å². The number of fused-ring (bicyclic) bond motifs is 1. The molecule has 1 aliphatic rings. The number of amides is 1. The molecule has 0 radical (unpaired) electrons. The minimum Gasteiger partial charge on any atom is -0.489 e. The molecule has 1 atom stereocenters. The Kier molecular flexibility index (Phi) is 3.70. The lowest BCUT2D eigenvalue weighted by Crippen LogP contribution is -2.44. The average molecular weight is 338 g/mol. The molecule has 0 unspecified atom stereocenters. The number of nitrogens with zero attached hydrogens (tertiary/aromatic N) is 4. The van der Waals surface area contributed by atoms with Crippen molar-refractivity contribution in [2.45, 2.75) is 13.0 Å². The molecule has 24 heavy (non-hydrogen) atoms. The van der Waals surface area contributed by atoms with E-state index in [1.807, 2.05) is 31.2 Å². The highest BCUT2D eigenvalue weighted by Gasteiger charge is 2.31. The number of carbonyl (C=O) groups is 1. The van der Waals surface area contributed by atoms with Gasteiger partial charge >= 0.3 is 0 Å². The maximum atomic E-state index is 13.0. The van der Waals surface area contributed by atoms with E-state index in [2.05, 4.69) is 15.0 Å². The Hall–Kier alpha value is -2.80. The van der Waals surface area contributed by atoms with Crippen LogP contribution in [0.3, 0.4) is 0 Å². The fourth-order valence-corrected chi connectivity index (χ4v) is 3.42. The highest BCUT2D eigenvalue weighted by Crippen LogP contribution is 2.35. The number of ether oxygens (including phenoxy) is 1. The molecule has 4 rings (SSSR count). The summed E-state index contributed by atoms with van der Waals surface area (Å²) in [7, 11) is 0. The van der Waals surface area contributed by atoms with Crippen molar-refractivity contribution in [2.75, 3.05) is 11.5 Å². The van der Waals surface area contributed by atoms with E-state index in [4.69, 9.17) is 4.74 Å². The Bertz CT molecular complexity index is 881. The quantitative estimate of drug-likeness (QED) is 0.718. The zero-order valence-electron chi connectivity index (χ0n) is 12.9. The van der Waals surface area contributed by atoms with Crippen LogP contribution < -0.4 is 9.64 Å². The third kappa shape index (κ3) is 2.52. The van der Waals surface area contributed by atoms with Crippen molar-refractivity contribution in [2.24, 2.45) is 0 Å². The SMILES string of the molecule is C[C@@H]1COc2ccccc2N1C(=O)c1cnc(-c2ncccn2)s1. The number of hydrogen-bond acceptors (Lipinski definition) is 6. The Morgan fingerprint density at radius 2 is 2.00 bits per heavy atom.